The molecule has 1 saturated carbocycles. The molecule has 1 N–H and O–H groups in total. The number of likely N-dealkylation sites (tertiary alicyclic amines) is 1. The molecule has 0 spiro atoms. The summed E-state index contributed by atoms with van der Waals surface area (Å²) in [7, 11) is 0. The first-order valence-electron chi connectivity index (χ1n) is 14.2. The number of unbranched alkanes of at least 4 members (excludes halogenated alkanes) is 3. The molecular formula is C30H45N3O2. The van der Waals surface area contributed by atoms with E-state index in [0.29, 0.717) is 0 Å². The number of amides is 1. The normalized spacial score (nSPS) is 21.8. The van der Waals surface area contributed by atoms with Crippen LogP contribution in [0.1, 0.15) is 83.6 Å². The highest BCUT2D eigenvalue weighted by Gasteiger charge is 2.29. The zero-order chi connectivity index (χ0) is 24.5. The predicted molar refractivity (Wildman–Crippen MR) is 144 cm³/mol. The monoisotopic (exact) mass is 479 g/mol. The highest BCUT2D eigenvalue weighted by molar-refractivity contribution is 5.85. The summed E-state index contributed by atoms with van der Waals surface area (Å²) in [5.41, 5.74) is 2.37. The summed E-state index contributed by atoms with van der Waals surface area (Å²) in [5.74, 6) is 2.19. The van der Waals surface area contributed by atoms with Crippen LogP contribution in [0.3, 0.4) is 0 Å². The molecule has 1 aromatic carbocycles. The Bertz CT molecular complexity index is 930. The lowest BCUT2D eigenvalue weighted by molar-refractivity contribution is -0.126. The number of ether oxygens (including phenoxy) is 1. The standard InChI is InChI=1S/C30H45N3O2/c1-3-5-6-7-9-24-20-26-10-8-17-32-29(26)28(21-24)35-27-15-18-33(19-16-27)22-23-11-13-25(14-12-23)30(34)31-4-2/h8,10,17,20-21,23,25,27H,3-7,9,11-16,18-19,22H2,1-2H3,(H,31,34)/t23-,25-. The minimum Gasteiger partial charge on any atom is -0.488 e. The molecule has 2 aromatic rings. The number of pyridine rings is 1. The van der Waals surface area contributed by atoms with Crippen LogP contribution in [0.25, 0.3) is 10.9 Å². The number of piperidine rings is 1. The molecule has 1 amide bonds. The smallest absolute Gasteiger partial charge is 0.223 e. The molecular weight excluding hydrogens is 434 g/mol. The molecule has 35 heavy (non-hydrogen) atoms. The Morgan fingerprint density at radius 1 is 1.06 bits per heavy atom. The van der Waals surface area contributed by atoms with E-state index in [1.165, 1.54) is 56.0 Å². The summed E-state index contributed by atoms with van der Waals surface area (Å²) < 4.78 is 6.60. The first-order chi connectivity index (χ1) is 17.2. The molecule has 2 aliphatic rings. The number of fused-ring (bicyclic) bond motifs is 1. The molecule has 0 atom stereocenters. The van der Waals surface area contributed by atoms with Gasteiger partial charge in [-0.05, 0) is 88.0 Å². The number of aryl methyl sites for hydroxylation is 1. The number of hydrogen-bond donors (Lipinski definition) is 1. The van der Waals surface area contributed by atoms with Gasteiger partial charge in [-0.15, -0.1) is 0 Å². The summed E-state index contributed by atoms with van der Waals surface area (Å²) in [6, 6.07) is 8.73. The van der Waals surface area contributed by atoms with Crippen molar-refractivity contribution in [2.45, 2.75) is 90.6 Å². The van der Waals surface area contributed by atoms with E-state index in [0.717, 1.165) is 68.9 Å². The fraction of sp³-hybridized carbons (Fsp3) is 0.667. The first-order valence-corrected chi connectivity index (χ1v) is 14.2. The number of carbonyl (C=O) groups is 1. The van der Waals surface area contributed by atoms with Gasteiger partial charge >= 0.3 is 0 Å². The van der Waals surface area contributed by atoms with Crippen molar-refractivity contribution in [2.24, 2.45) is 11.8 Å². The van der Waals surface area contributed by atoms with Crippen LogP contribution in [-0.4, -0.2) is 48.1 Å². The van der Waals surface area contributed by atoms with Gasteiger partial charge in [-0.1, -0.05) is 32.3 Å². The fourth-order valence-electron chi connectivity index (χ4n) is 5.89. The Labute approximate surface area is 212 Å². The number of aromatic nitrogens is 1. The van der Waals surface area contributed by atoms with Crippen molar-refractivity contribution in [3.05, 3.63) is 36.0 Å². The van der Waals surface area contributed by atoms with Crippen LogP contribution in [0.2, 0.25) is 0 Å². The van der Waals surface area contributed by atoms with E-state index in [4.69, 9.17) is 4.74 Å². The minimum absolute atomic E-state index is 0.233. The van der Waals surface area contributed by atoms with Gasteiger partial charge in [0.25, 0.3) is 0 Å². The topological polar surface area (TPSA) is 54.5 Å². The Morgan fingerprint density at radius 2 is 1.86 bits per heavy atom. The van der Waals surface area contributed by atoms with Crippen molar-refractivity contribution < 1.29 is 9.53 Å². The van der Waals surface area contributed by atoms with Gasteiger partial charge in [0.05, 0.1) is 0 Å². The maximum atomic E-state index is 12.1. The van der Waals surface area contributed by atoms with Gasteiger partial charge < -0.3 is 15.0 Å². The maximum Gasteiger partial charge on any atom is 0.223 e. The third kappa shape index (κ3) is 7.42. The van der Waals surface area contributed by atoms with Crippen molar-refractivity contribution in [2.75, 3.05) is 26.2 Å². The largest absolute Gasteiger partial charge is 0.488 e. The zero-order valence-corrected chi connectivity index (χ0v) is 21.9. The summed E-state index contributed by atoms with van der Waals surface area (Å²) in [6.07, 6.45) is 15.0. The van der Waals surface area contributed by atoms with E-state index in [9.17, 15) is 4.79 Å². The third-order valence-electron chi connectivity index (χ3n) is 7.96. The van der Waals surface area contributed by atoms with Gasteiger partial charge in [0.1, 0.15) is 17.4 Å². The summed E-state index contributed by atoms with van der Waals surface area (Å²) in [5, 5.41) is 4.19. The van der Waals surface area contributed by atoms with Crippen LogP contribution in [0, 0.1) is 11.8 Å². The second kappa shape index (κ2) is 13.2. The van der Waals surface area contributed by atoms with Gasteiger partial charge in [0, 0.05) is 43.7 Å². The number of nitrogens with zero attached hydrogens (tertiary/aromatic N) is 2. The van der Waals surface area contributed by atoms with E-state index in [1.807, 2.05) is 19.2 Å². The van der Waals surface area contributed by atoms with E-state index in [-0.39, 0.29) is 17.9 Å². The molecule has 2 fully saturated rings. The third-order valence-corrected chi connectivity index (χ3v) is 7.96. The van der Waals surface area contributed by atoms with Crippen LogP contribution in [0.5, 0.6) is 5.75 Å². The number of carbonyl (C=O) groups excluding carboxylic acids is 1. The number of nitrogens with one attached hydrogen (secondary N) is 1. The van der Waals surface area contributed by atoms with Crippen LogP contribution >= 0.6 is 0 Å². The van der Waals surface area contributed by atoms with Crippen molar-refractivity contribution in [3.63, 3.8) is 0 Å². The lowest BCUT2D eigenvalue weighted by Crippen LogP contribution is -2.42. The Balaban J connectivity index is 1.27. The number of benzene rings is 1. The van der Waals surface area contributed by atoms with Gasteiger partial charge in [-0.3, -0.25) is 9.78 Å². The van der Waals surface area contributed by atoms with Crippen molar-refractivity contribution in [1.82, 2.24) is 15.2 Å². The van der Waals surface area contributed by atoms with E-state index in [1.54, 1.807) is 0 Å². The average molecular weight is 480 g/mol. The second-order valence-corrected chi connectivity index (χ2v) is 10.7. The molecule has 0 bridgehead atoms. The van der Waals surface area contributed by atoms with E-state index < -0.39 is 0 Å². The lowest BCUT2D eigenvalue weighted by atomic mass is 9.81. The molecule has 0 unspecified atom stereocenters. The van der Waals surface area contributed by atoms with Crippen LogP contribution < -0.4 is 10.1 Å². The van der Waals surface area contributed by atoms with Crippen LogP contribution in [0.15, 0.2) is 30.5 Å². The molecule has 1 aliphatic heterocycles. The fourth-order valence-corrected chi connectivity index (χ4v) is 5.89. The zero-order valence-electron chi connectivity index (χ0n) is 21.9. The molecule has 1 aromatic heterocycles. The summed E-state index contributed by atoms with van der Waals surface area (Å²) >= 11 is 0. The quantitative estimate of drug-likeness (QED) is 0.393. The predicted octanol–water partition coefficient (Wildman–Crippen LogP) is 6.14. The Kier molecular flexibility index (Phi) is 9.82. The van der Waals surface area contributed by atoms with Crippen molar-refractivity contribution >= 4 is 16.8 Å². The minimum atomic E-state index is 0.233. The first kappa shape index (κ1) is 25.9. The summed E-state index contributed by atoms with van der Waals surface area (Å²) in [6.45, 7) is 8.38. The van der Waals surface area contributed by atoms with Crippen molar-refractivity contribution in [3.8, 4) is 5.75 Å². The average Bonchev–Trinajstić information content (AvgIpc) is 2.88. The molecule has 1 saturated heterocycles. The number of hydrogen-bond acceptors (Lipinski definition) is 4. The molecule has 5 nitrogen and oxygen atoms in total. The Morgan fingerprint density at radius 3 is 2.60 bits per heavy atom. The van der Waals surface area contributed by atoms with Gasteiger partial charge in [0.15, 0.2) is 0 Å². The highest BCUT2D eigenvalue weighted by Crippen LogP contribution is 2.32. The maximum absolute atomic E-state index is 12.1. The second-order valence-electron chi connectivity index (χ2n) is 10.7. The molecule has 1 aliphatic carbocycles. The van der Waals surface area contributed by atoms with Crippen molar-refractivity contribution in [1.29, 1.82) is 0 Å². The Hall–Kier alpha value is -2.14. The van der Waals surface area contributed by atoms with Crippen LogP contribution in [0.4, 0.5) is 0 Å². The van der Waals surface area contributed by atoms with Gasteiger partial charge in [-0.25, -0.2) is 0 Å². The van der Waals surface area contributed by atoms with E-state index >= 15 is 0 Å². The lowest BCUT2D eigenvalue weighted by Gasteiger charge is -2.36. The SMILES string of the molecule is CCCCCCc1cc(OC2CCN(C[C@H]3CC[C@H](C(=O)NCC)CC3)CC2)c2ncccc2c1. The number of rotatable bonds is 11. The molecule has 5 heteroatoms. The molecule has 2 heterocycles. The molecule has 0 radical (unpaired) electrons. The molecule has 4 rings (SSSR count). The van der Waals surface area contributed by atoms with Gasteiger partial charge in [0.2, 0.25) is 5.91 Å². The van der Waals surface area contributed by atoms with Crippen LogP contribution in [-0.2, 0) is 11.2 Å². The highest BCUT2D eigenvalue weighted by atomic mass is 16.5. The molecule has 192 valence electrons. The van der Waals surface area contributed by atoms with Gasteiger partial charge in [-0.2, -0.15) is 0 Å². The summed E-state index contributed by atoms with van der Waals surface area (Å²) in [4.78, 5) is 19.4. The van der Waals surface area contributed by atoms with E-state index in [2.05, 4.69) is 40.3 Å².